The highest BCUT2D eigenvalue weighted by Gasteiger charge is 2.14. The Balaban J connectivity index is 1.11. The number of hydrazone groups is 1. The molecular formula is C30H27FN6O3S. The van der Waals surface area contributed by atoms with E-state index in [4.69, 9.17) is 9.15 Å². The second-order valence-corrected chi connectivity index (χ2v) is 9.77. The minimum absolute atomic E-state index is 0.0908. The summed E-state index contributed by atoms with van der Waals surface area (Å²) in [5, 5.41) is 18.9. The van der Waals surface area contributed by atoms with Crippen molar-refractivity contribution < 1.29 is 18.3 Å². The Morgan fingerprint density at radius 3 is 2.76 bits per heavy atom. The van der Waals surface area contributed by atoms with Crippen molar-refractivity contribution in [1.29, 1.82) is 0 Å². The van der Waals surface area contributed by atoms with Crippen molar-refractivity contribution in [2.75, 3.05) is 11.1 Å². The van der Waals surface area contributed by atoms with Crippen LogP contribution in [0.25, 0.3) is 10.8 Å². The third-order valence-corrected chi connectivity index (χ3v) is 6.91. The Morgan fingerprint density at radius 1 is 1.07 bits per heavy atom. The van der Waals surface area contributed by atoms with Gasteiger partial charge in [-0.3, -0.25) is 4.79 Å². The second kappa shape index (κ2) is 13.4. The highest BCUT2D eigenvalue weighted by Crippen LogP contribution is 2.24. The first kappa shape index (κ1) is 27.7. The van der Waals surface area contributed by atoms with E-state index in [2.05, 4.69) is 50.8 Å². The van der Waals surface area contributed by atoms with Gasteiger partial charge >= 0.3 is 0 Å². The highest BCUT2D eigenvalue weighted by molar-refractivity contribution is 7.99. The number of nitrogens with one attached hydrogen (secondary N) is 2. The molecule has 2 heterocycles. The molecule has 0 saturated carbocycles. The first-order valence-electron chi connectivity index (χ1n) is 12.8. The number of hydrogen-bond donors (Lipinski definition) is 2. The fraction of sp³-hybridized carbons (Fsp3) is 0.133. The quantitative estimate of drug-likeness (QED) is 0.0800. The summed E-state index contributed by atoms with van der Waals surface area (Å²) in [5.74, 6) is 0.890. The first-order chi connectivity index (χ1) is 20.1. The molecule has 41 heavy (non-hydrogen) atoms. The fourth-order valence-electron chi connectivity index (χ4n) is 3.97. The molecular weight excluding hydrogens is 543 g/mol. The molecule has 0 bridgehead atoms. The van der Waals surface area contributed by atoms with E-state index in [0.717, 1.165) is 27.8 Å². The highest BCUT2D eigenvalue weighted by atomic mass is 32.2. The number of furan rings is 1. The number of allylic oxidation sites excluding steroid dienone is 1. The molecule has 0 aliphatic rings. The number of anilines is 1. The summed E-state index contributed by atoms with van der Waals surface area (Å²) in [6, 6.07) is 23.6. The van der Waals surface area contributed by atoms with Crippen LogP contribution in [0.4, 0.5) is 10.1 Å². The molecule has 9 nitrogen and oxygen atoms in total. The average molecular weight is 571 g/mol. The predicted octanol–water partition coefficient (Wildman–Crippen LogP) is 5.78. The third-order valence-electron chi connectivity index (χ3n) is 5.94. The number of halogens is 1. The van der Waals surface area contributed by atoms with Gasteiger partial charge in [0.25, 0.3) is 11.9 Å². The maximum absolute atomic E-state index is 13.0. The Kier molecular flexibility index (Phi) is 9.07. The van der Waals surface area contributed by atoms with E-state index in [9.17, 15) is 9.18 Å². The molecule has 0 atom stereocenters. The average Bonchev–Trinajstić information content (AvgIpc) is 3.61. The number of amides is 1. The molecule has 3 aromatic carbocycles. The molecule has 0 fully saturated rings. The van der Waals surface area contributed by atoms with Gasteiger partial charge in [0.1, 0.15) is 12.4 Å². The number of thioether (sulfide) groups is 1. The molecule has 0 aliphatic heterocycles. The number of carbonyl (C=O) groups is 1. The van der Waals surface area contributed by atoms with E-state index >= 15 is 0 Å². The van der Waals surface area contributed by atoms with Gasteiger partial charge in [0, 0.05) is 23.7 Å². The number of nitrogens with zero attached hydrogens (tertiary/aromatic N) is 4. The van der Waals surface area contributed by atoms with Crippen LogP contribution in [-0.2, 0) is 24.5 Å². The number of benzene rings is 3. The van der Waals surface area contributed by atoms with Crippen molar-refractivity contribution in [3.8, 4) is 5.95 Å². The Morgan fingerprint density at radius 2 is 1.90 bits per heavy atom. The number of ether oxygens (including phenoxy) is 1. The minimum atomic E-state index is -0.311. The molecule has 0 aliphatic carbocycles. The van der Waals surface area contributed by atoms with Crippen molar-refractivity contribution in [3.63, 3.8) is 0 Å². The largest absolute Gasteiger partial charge is 0.460 e. The van der Waals surface area contributed by atoms with Crippen molar-refractivity contribution in [1.82, 2.24) is 20.2 Å². The smallest absolute Gasteiger partial charge is 0.285 e. The summed E-state index contributed by atoms with van der Waals surface area (Å²) in [6.07, 6.45) is 3.14. The molecule has 208 valence electrons. The van der Waals surface area contributed by atoms with E-state index in [1.165, 1.54) is 30.1 Å². The Bertz CT molecular complexity index is 1660. The van der Waals surface area contributed by atoms with Gasteiger partial charge in [-0.25, -0.2) is 9.82 Å². The van der Waals surface area contributed by atoms with Gasteiger partial charge < -0.3 is 19.0 Å². The van der Waals surface area contributed by atoms with E-state index in [0.29, 0.717) is 24.0 Å². The lowest BCUT2D eigenvalue weighted by molar-refractivity contribution is -0.118. The Hall–Kier alpha value is -4.90. The van der Waals surface area contributed by atoms with Crippen molar-refractivity contribution in [3.05, 3.63) is 114 Å². The third kappa shape index (κ3) is 7.40. The molecule has 2 N–H and O–H groups in total. The van der Waals surface area contributed by atoms with Gasteiger partial charge in [-0.05, 0) is 35.2 Å². The van der Waals surface area contributed by atoms with E-state index < -0.39 is 0 Å². The van der Waals surface area contributed by atoms with Gasteiger partial charge in [0.05, 0.1) is 18.5 Å². The lowest BCUT2D eigenvalue weighted by atomic mass is 10.1. The predicted molar refractivity (Wildman–Crippen MR) is 157 cm³/mol. The number of rotatable bonds is 13. The molecule has 0 radical (unpaired) electrons. The first-order valence-corrected chi connectivity index (χ1v) is 13.7. The lowest BCUT2D eigenvalue weighted by Crippen LogP contribution is -2.20. The lowest BCUT2D eigenvalue weighted by Gasteiger charge is -2.11. The van der Waals surface area contributed by atoms with E-state index in [1.54, 1.807) is 30.3 Å². The summed E-state index contributed by atoms with van der Waals surface area (Å²) < 4.78 is 26.0. The maximum atomic E-state index is 13.0. The molecule has 5 rings (SSSR count). The zero-order valence-electron chi connectivity index (χ0n) is 22.0. The summed E-state index contributed by atoms with van der Waals surface area (Å²) in [7, 11) is 0. The molecule has 1 amide bonds. The number of aromatic nitrogens is 3. The topological polar surface area (TPSA) is 107 Å². The van der Waals surface area contributed by atoms with Crippen LogP contribution in [0.3, 0.4) is 0 Å². The molecule has 0 spiro atoms. The summed E-state index contributed by atoms with van der Waals surface area (Å²) in [5.41, 5.74) is 4.29. The van der Waals surface area contributed by atoms with Gasteiger partial charge in [-0.15, -0.1) is 16.8 Å². The van der Waals surface area contributed by atoms with Crippen LogP contribution in [0.5, 0.6) is 5.95 Å². The summed E-state index contributed by atoms with van der Waals surface area (Å²) >= 11 is 1.26. The van der Waals surface area contributed by atoms with E-state index in [-0.39, 0.29) is 30.0 Å². The van der Waals surface area contributed by atoms with E-state index in [1.807, 2.05) is 28.8 Å². The monoisotopic (exact) mass is 570 g/mol. The van der Waals surface area contributed by atoms with Crippen LogP contribution in [-0.4, -0.2) is 32.6 Å². The normalized spacial score (nSPS) is 11.1. The van der Waals surface area contributed by atoms with Crippen LogP contribution in [0.2, 0.25) is 0 Å². The zero-order chi connectivity index (χ0) is 28.4. The fourth-order valence-corrected chi connectivity index (χ4v) is 4.73. The molecule has 0 saturated heterocycles. The molecule has 2 aromatic heterocycles. The standard InChI is InChI=1S/C30H27FN6O3S/c1-2-16-37-27(18-32-26-9-5-7-22-6-3-4-8-25(22)26)34-36-30(37)41-20-28(38)35-33-17-24-14-15-29(40-24)39-19-21-10-12-23(31)13-11-21/h2-15,17,32H,1,16,18-20H2,(H,35,38)/b33-17+. The van der Waals surface area contributed by atoms with Crippen LogP contribution in [0, 0.1) is 5.82 Å². The van der Waals surface area contributed by atoms with Crippen molar-refractivity contribution in [2.45, 2.75) is 24.9 Å². The number of fused-ring (bicyclic) bond motifs is 1. The van der Waals surface area contributed by atoms with Crippen LogP contribution >= 0.6 is 11.8 Å². The SMILES string of the molecule is C=CCn1c(CNc2cccc3ccccc23)nnc1SCC(=O)N/N=C/c1ccc(OCc2ccc(F)cc2)o1. The zero-order valence-corrected chi connectivity index (χ0v) is 22.8. The van der Waals surface area contributed by atoms with Gasteiger partial charge in [0.15, 0.2) is 16.7 Å². The van der Waals surface area contributed by atoms with Crippen LogP contribution in [0.1, 0.15) is 17.1 Å². The Labute approximate surface area is 240 Å². The van der Waals surface area contributed by atoms with Gasteiger partial charge in [-0.2, -0.15) is 5.10 Å². The molecule has 5 aromatic rings. The van der Waals surface area contributed by atoms with Crippen LogP contribution < -0.4 is 15.5 Å². The van der Waals surface area contributed by atoms with Crippen LogP contribution in [0.15, 0.2) is 106 Å². The van der Waals surface area contributed by atoms with Crippen molar-refractivity contribution >= 4 is 40.3 Å². The maximum Gasteiger partial charge on any atom is 0.285 e. The summed E-state index contributed by atoms with van der Waals surface area (Å²) in [4.78, 5) is 12.4. The summed E-state index contributed by atoms with van der Waals surface area (Å²) in [6.45, 7) is 5.04. The van der Waals surface area contributed by atoms with Crippen molar-refractivity contribution in [2.24, 2.45) is 5.10 Å². The number of hydrogen-bond acceptors (Lipinski definition) is 8. The second-order valence-electron chi connectivity index (χ2n) is 8.83. The van der Waals surface area contributed by atoms with Gasteiger partial charge in [0.2, 0.25) is 0 Å². The van der Waals surface area contributed by atoms with Gasteiger partial charge in [-0.1, -0.05) is 66.4 Å². The molecule has 11 heteroatoms. The molecule has 0 unspecified atom stereocenters. The number of carbonyl (C=O) groups excluding carboxylic acids is 1. The minimum Gasteiger partial charge on any atom is -0.460 e.